The maximum absolute atomic E-state index is 7.25. The molecule has 1 unspecified atom stereocenters. The molecule has 0 saturated carbocycles. The third kappa shape index (κ3) is 2.90. The zero-order valence-corrected chi connectivity index (χ0v) is 9.36. The number of aryl methyl sites for hydroxylation is 1. The van der Waals surface area contributed by atoms with Gasteiger partial charge in [-0.1, -0.05) is 0 Å². The molecule has 5 nitrogen and oxygen atoms in total. The number of aromatic nitrogens is 2. The van der Waals surface area contributed by atoms with Crippen molar-refractivity contribution < 1.29 is 0 Å². The maximum atomic E-state index is 7.25. The summed E-state index contributed by atoms with van der Waals surface area (Å²) in [6.07, 6.45) is 3.87. The van der Waals surface area contributed by atoms with Crippen LogP contribution in [0.15, 0.2) is 12.4 Å². The van der Waals surface area contributed by atoms with Crippen LogP contribution in [0.4, 0.5) is 5.82 Å². The van der Waals surface area contributed by atoms with Crippen molar-refractivity contribution in [2.45, 2.75) is 26.3 Å². The molecule has 0 bridgehead atoms. The molecule has 3 N–H and O–H groups in total. The van der Waals surface area contributed by atoms with Crippen molar-refractivity contribution in [2.75, 3.05) is 11.9 Å². The Kier molecular flexibility index (Phi) is 3.60. The summed E-state index contributed by atoms with van der Waals surface area (Å²) in [6.45, 7) is 3.93. The molecule has 1 heterocycles. The quantitative estimate of drug-likeness (QED) is 0.568. The van der Waals surface area contributed by atoms with Gasteiger partial charge in [0.05, 0.1) is 11.5 Å². The Morgan fingerprint density at radius 1 is 1.53 bits per heavy atom. The Morgan fingerprint density at radius 2 is 2.13 bits per heavy atom. The van der Waals surface area contributed by atoms with Crippen molar-refractivity contribution in [2.24, 2.45) is 5.73 Å². The van der Waals surface area contributed by atoms with Crippen LogP contribution < -0.4 is 10.6 Å². The lowest BCUT2D eigenvalue weighted by Gasteiger charge is -2.26. The smallest absolute Gasteiger partial charge is 0.150 e. The first-order valence-electron chi connectivity index (χ1n) is 4.85. The minimum atomic E-state index is 0.151. The summed E-state index contributed by atoms with van der Waals surface area (Å²) >= 11 is 0. The van der Waals surface area contributed by atoms with E-state index in [0.29, 0.717) is 6.42 Å². The summed E-state index contributed by atoms with van der Waals surface area (Å²) in [6, 6.07) is 0.151. The predicted molar refractivity (Wildman–Crippen MR) is 61.2 cm³/mol. The first kappa shape index (κ1) is 11.4. The monoisotopic (exact) mass is 207 g/mol. The molecular weight excluding hydrogens is 190 g/mol. The number of nitrogens with zero attached hydrogens (tertiary/aromatic N) is 3. The van der Waals surface area contributed by atoms with Gasteiger partial charge >= 0.3 is 0 Å². The van der Waals surface area contributed by atoms with Gasteiger partial charge in [-0.2, -0.15) is 0 Å². The molecule has 1 atom stereocenters. The van der Waals surface area contributed by atoms with Crippen LogP contribution in [0.25, 0.3) is 0 Å². The van der Waals surface area contributed by atoms with Crippen LogP contribution in [0, 0.1) is 12.3 Å². The Balaban J connectivity index is 2.80. The lowest BCUT2D eigenvalue weighted by molar-refractivity contribution is 0.695. The summed E-state index contributed by atoms with van der Waals surface area (Å²) in [5, 5.41) is 7.25. The molecule has 0 radical (unpaired) electrons. The molecule has 0 aliphatic rings. The second-order valence-electron chi connectivity index (χ2n) is 3.65. The Bertz CT molecular complexity index is 349. The van der Waals surface area contributed by atoms with E-state index in [4.69, 9.17) is 11.1 Å². The number of hydrogen-bond donors (Lipinski definition) is 2. The topological polar surface area (TPSA) is 78.9 Å². The van der Waals surface area contributed by atoms with Gasteiger partial charge < -0.3 is 10.6 Å². The molecule has 0 aromatic carbocycles. The molecule has 0 saturated heterocycles. The normalized spacial score (nSPS) is 12.2. The van der Waals surface area contributed by atoms with E-state index in [1.165, 1.54) is 0 Å². The summed E-state index contributed by atoms with van der Waals surface area (Å²) in [5.41, 5.74) is 6.25. The van der Waals surface area contributed by atoms with Crippen molar-refractivity contribution in [3.05, 3.63) is 18.1 Å². The lowest BCUT2D eigenvalue weighted by atomic mass is 10.2. The molecule has 82 valence electrons. The highest BCUT2D eigenvalue weighted by atomic mass is 15.2. The number of anilines is 1. The highest BCUT2D eigenvalue weighted by Gasteiger charge is 2.14. The molecule has 1 aromatic rings. The van der Waals surface area contributed by atoms with Gasteiger partial charge in [-0.05, 0) is 13.8 Å². The van der Waals surface area contributed by atoms with Crippen molar-refractivity contribution in [3.8, 4) is 0 Å². The van der Waals surface area contributed by atoms with E-state index in [0.717, 1.165) is 11.5 Å². The first-order valence-corrected chi connectivity index (χ1v) is 4.85. The number of hydrogen-bond acceptors (Lipinski definition) is 4. The summed E-state index contributed by atoms with van der Waals surface area (Å²) in [4.78, 5) is 10.4. The Morgan fingerprint density at radius 3 is 2.67 bits per heavy atom. The second-order valence-corrected chi connectivity index (χ2v) is 3.65. The van der Waals surface area contributed by atoms with Gasteiger partial charge in [0.1, 0.15) is 5.82 Å². The summed E-state index contributed by atoms with van der Waals surface area (Å²) in [5.74, 6) is 1.03. The Hall–Kier alpha value is -1.65. The van der Waals surface area contributed by atoms with Crippen molar-refractivity contribution in [3.63, 3.8) is 0 Å². The van der Waals surface area contributed by atoms with Gasteiger partial charge in [0, 0.05) is 31.9 Å². The van der Waals surface area contributed by atoms with Gasteiger partial charge in [-0.15, -0.1) is 0 Å². The molecular formula is C10H17N5. The number of nitrogens with two attached hydrogens (primary N) is 1. The van der Waals surface area contributed by atoms with Crippen LogP contribution in [0.1, 0.15) is 19.0 Å². The fourth-order valence-electron chi connectivity index (χ4n) is 1.41. The van der Waals surface area contributed by atoms with Crippen LogP contribution >= 0.6 is 0 Å². The second kappa shape index (κ2) is 4.72. The van der Waals surface area contributed by atoms with E-state index in [1.54, 1.807) is 12.4 Å². The molecule has 1 aromatic heterocycles. The standard InChI is InChI=1S/C10H17N5/c1-7(6-9(11)12)15(3)10-8(2)13-4-5-14-10/h4-5,7H,6H2,1-3H3,(H3,11,12). The van der Waals surface area contributed by atoms with E-state index in [2.05, 4.69) is 9.97 Å². The minimum Gasteiger partial charge on any atom is -0.388 e. The Labute approximate surface area is 89.8 Å². The van der Waals surface area contributed by atoms with Crippen LogP contribution in [-0.4, -0.2) is 28.9 Å². The summed E-state index contributed by atoms with van der Waals surface area (Å²) in [7, 11) is 1.94. The molecule has 0 spiro atoms. The van der Waals surface area contributed by atoms with Crippen LogP contribution in [0.3, 0.4) is 0 Å². The van der Waals surface area contributed by atoms with Crippen LogP contribution in [0.2, 0.25) is 0 Å². The van der Waals surface area contributed by atoms with E-state index < -0.39 is 0 Å². The van der Waals surface area contributed by atoms with Gasteiger partial charge in [0.25, 0.3) is 0 Å². The number of amidine groups is 1. The first-order chi connectivity index (χ1) is 7.02. The lowest BCUT2D eigenvalue weighted by Crippen LogP contribution is -2.34. The fraction of sp³-hybridized carbons (Fsp3) is 0.500. The highest BCUT2D eigenvalue weighted by molar-refractivity contribution is 5.77. The predicted octanol–water partition coefficient (Wildman–Crippen LogP) is 0.936. The highest BCUT2D eigenvalue weighted by Crippen LogP contribution is 2.15. The zero-order valence-electron chi connectivity index (χ0n) is 9.36. The van der Waals surface area contributed by atoms with Crippen LogP contribution in [0.5, 0.6) is 0 Å². The van der Waals surface area contributed by atoms with Crippen molar-refractivity contribution in [1.82, 2.24) is 9.97 Å². The van der Waals surface area contributed by atoms with E-state index >= 15 is 0 Å². The molecule has 15 heavy (non-hydrogen) atoms. The molecule has 0 fully saturated rings. The zero-order chi connectivity index (χ0) is 11.4. The van der Waals surface area contributed by atoms with Crippen molar-refractivity contribution in [1.29, 1.82) is 5.41 Å². The minimum absolute atomic E-state index is 0.151. The van der Waals surface area contributed by atoms with E-state index in [-0.39, 0.29) is 11.9 Å². The molecule has 0 aliphatic heterocycles. The largest absolute Gasteiger partial charge is 0.388 e. The van der Waals surface area contributed by atoms with Gasteiger partial charge in [-0.25, -0.2) is 4.98 Å². The van der Waals surface area contributed by atoms with Gasteiger partial charge in [-0.3, -0.25) is 10.4 Å². The molecule has 0 amide bonds. The fourth-order valence-corrected chi connectivity index (χ4v) is 1.41. The third-order valence-corrected chi connectivity index (χ3v) is 2.37. The van der Waals surface area contributed by atoms with Crippen LogP contribution in [-0.2, 0) is 0 Å². The molecule has 5 heteroatoms. The SMILES string of the molecule is Cc1nccnc1N(C)C(C)CC(=N)N. The maximum Gasteiger partial charge on any atom is 0.150 e. The average molecular weight is 207 g/mol. The average Bonchev–Trinajstić information content (AvgIpc) is 2.16. The van der Waals surface area contributed by atoms with Gasteiger partial charge in [0.15, 0.2) is 0 Å². The molecule has 1 rings (SSSR count). The van der Waals surface area contributed by atoms with E-state index in [9.17, 15) is 0 Å². The number of rotatable bonds is 4. The molecule has 0 aliphatic carbocycles. The summed E-state index contributed by atoms with van der Waals surface area (Å²) < 4.78 is 0. The third-order valence-electron chi connectivity index (χ3n) is 2.37. The van der Waals surface area contributed by atoms with E-state index in [1.807, 2.05) is 25.8 Å². The van der Waals surface area contributed by atoms with Gasteiger partial charge in [0.2, 0.25) is 0 Å². The van der Waals surface area contributed by atoms with Crippen molar-refractivity contribution >= 4 is 11.7 Å². The number of nitrogens with one attached hydrogen (secondary N) is 1.